The maximum absolute atomic E-state index is 13.4. The second-order valence-corrected chi connectivity index (χ2v) is 6.17. The average molecular weight is 394 g/mol. The summed E-state index contributed by atoms with van der Waals surface area (Å²) in [4.78, 5) is 24.8. The van der Waals surface area contributed by atoms with Crippen molar-refractivity contribution >= 4 is 22.6 Å². The van der Waals surface area contributed by atoms with Crippen LogP contribution in [0.25, 0.3) is 22.2 Å². The Bertz CT molecular complexity index is 1190. The van der Waals surface area contributed by atoms with E-state index in [4.69, 9.17) is 0 Å². The highest BCUT2D eigenvalue weighted by atomic mass is 19.4. The molecule has 0 unspecified atom stereocenters. The lowest BCUT2D eigenvalue weighted by molar-refractivity contribution is -0.137. The number of para-hydroxylation sites is 1. The fourth-order valence-electron chi connectivity index (χ4n) is 2.98. The molecular weight excluding hydrogens is 381 g/mol. The zero-order valence-corrected chi connectivity index (χ0v) is 14.8. The van der Waals surface area contributed by atoms with Gasteiger partial charge in [-0.05, 0) is 24.3 Å². The second kappa shape index (κ2) is 7.31. The van der Waals surface area contributed by atoms with Gasteiger partial charge in [0.2, 0.25) is 0 Å². The molecule has 0 aliphatic heterocycles. The van der Waals surface area contributed by atoms with Gasteiger partial charge in [-0.1, -0.05) is 36.4 Å². The first-order valence-corrected chi connectivity index (χ1v) is 8.57. The number of amides is 1. The number of hydrogen-bond donors (Lipinski definition) is 1. The minimum absolute atomic E-state index is 0.0482. The molecule has 1 N–H and O–H groups in total. The molecule has 0 atom stereocenters. The lowest BCUT2D eigenvalue weighted by Crippen LogP contribution is -2.14. The monoisotopic (exact) mass is 394 g/mol. The van der Waals surface area contributed by atoms with Crippen LogP contribution in [0.4, 0.5) is 19.0 Å². The van der Waals surface area contributed by atoms with E-state index in [9.17, 15) is 18.0 Å². The van der Waals surface area contributed by atoms with Gasteiger partial charge in [-0.3, -0.25) is 4.79 Å². The lowest BCUT2D eigenvalue weighted by Gasteiger charge is -2.13. The molecule has 0 fully saturated rings. The molecule has 1 amide bonds. The second-order valence-electron chi connectivity index (χ2n) is 6.17. The van der Waals surface area contributed by atoms with E-state index in [0.29, 0.717) is 16.7 Å². The van der Waals surface area contributed by atoms with E-state index in [0.717, 1.165) is 6.07 Å². The fourth-order valence-corrected chi connectivity index (χ4v) is 2.98. The number of benzene rings is 2. The van der Waals surface area contributed by atoms with Crippen molar-refractivity contribution in [2.45, 2.75) is 6.18 Å². The van der Waals surface area contributed by atoms with Crippen LogP contribution >= 0.6 is 0 Å². The summed E-state index contributed by atoms with van der Waals surface area (Å²) in [6.45, 7) is 0. The Morgan fingerprint density at radius 2 is 1.76 bits per heavy atom. The van der Waals surface area contributed by atoms with Crippen molar-refractivity contribution in [3.8, 4) is 11.3 Å². The standard InChI is InChI=1S/C21H13F3N4O/c22-21(23,24)16-7-2-1-5-14(16)17-9-8-13-4-3-6-15(19(13)27-17)20(29)28-18-10-11-25-12-26-18/h1-12H,(H,25,26,28,29). The van der Waals surface area contributed by atoms with Crippen molar-refractivity contribution in [2.75, 3.05) is 5.32 Å². The Balaban J connectivity index is 1.81. The summed E-state index contributed by atoms with van der Waals surface area (Å²) in [5, 5.41) is 3.27. The molecule has 4 rings (SSSR count). The molecule has 2 heterocycles. The Morgan fingerprint density at radius 1 is 0.931 bits per heavy atom. The first-order valence-electron chi connectivity index (χ1n) is 8.57. The number of anilines is 1. The van der Waals surface area contributed by atoms with Crippen molar-refractivity contribution < 1.29 is 18.0 Å². The highest BCUT2D eigenvalue weighted by Gasteiger charge is 2.33. The molecule has 2 aromatic carbocycles. The molecule has 0 aliphatic rings. The number of aromatic nitrogens is 3. The Morgan fingerprint density at radius 3 is 2.52 bits per heavy atom. The maximum atomic E-state index is 13.4. The van der Waals surface area contributed by atoms with Crippen LogP contribution in [0.5, 0.6) is 0 Å². The number of carbonyl (C=O) groups is 1. The summed E-state index contributed by atoms with van der Waals surface area (Å²) in [7, 11) is 0. The molecule has 0 spiro atoms. The van der Waals surface area contributed by atoms with E-state index in [2.05, 4.69) is 20.3 Å². The van der Waals surface area contributed by atoms with Gasteiger partial charge in [0.1, 0.15) is 12.1 Å². The van der Waals surface area contributed by atoms with E-state index >= 15 is 0 Å². The van der Waals surface area contributed by atoms with Crippen molar-refractivity contribution in [2.24, 2.45) is 0 Å². The molecular formula is C21H13F3N4O. The third-order valence-electron chi connectivity index (χ3n) is 4.30. The number of pyridine rings is 1. The van der Waals surface area contributed by atoms with Crippen LogP contribution in [0.15, 0.2) is 73.2 Å². The molecule has 29 heavy (non-hydrogen) atoms. The Hall–Kier alpha value is -3.81. The lowest BCUT2D eigenvalue weighted by atomic mass is 10.0. The minimum atomic E-state index is -4.52. The van der Waals surface area contributed by atoms with Crippen molar-refractivity contribution in [1.29, 1.82) is 0 Å². The third-order valence-corrected chi connectivity index (χ3v) is 4.30. The molecule has 4 aromatic rings. The van der Waals surface area contributed by atoms with E-state index in [1.807, 2.05) is 0 Å². The number of nitrogens with zero attached hydrogens (tertiary/aromatic N) is 3. The van der Waals surface area contributed by atoms with Crippen LogP contribution in [0.2, 0.25) is 0 Å². The number of carbonyl (C=O) groups excluding carboxylic acids is 1. The van der Waals surface area contributed by atoms with Crippen LogP contribution in [-0.2, 0) is 6.18 Å². The van der Waals surface area contributed by atoms with Gasteiger partial charge in [-0.25, -0.2) is 15.0 Å². The van der Waals surface area contributed by atoms with E-state index in [1.54, 1.807) is 24.3 Å². The van der Waals surface area contributed by atoms with E-state index in [-0.39, 0.29) is 16.8 Å². The van der Waals surface area contributed by atoms with Gasteiger partial charge < -0.3 is 5.32 Å². The molecule has 0 bridgehead atoms. The van der Waals surface area contributed by atoms with Gasteiger partial charge in [0, 0.05) is 17.1 Å². The summed E-state index contributed by atoms with van der Waals surface area (Å²) in [6, 6.07) is 14.9. The zero-order chi connectivity index (χ0) is 20.4. The number of rotatable bonds is 3. The summed E-state index contributed by atoms with van der Waals surface area (Å²) in [6.07, 6.45) is -1.74. The number of fused-ring (bicyclic) bond motifs is 1. The summed E-state index contributed by atoms with van der Waals surface area (Å²) >= 11 is 0. The fraction of sp³-hybridized carbons (Fsp3) is 0.0476. The minimum Gasteiger partial charge on any atom is -0.306 e. The van der Waals surface area contributed by atoms with Crippen LogP contribution in [0, 0.1) is 0 Å². The molecule has 2 aromatic heterocycles. The summed E-state index contributed by atoms with van der Waals surface area (Å²) < 4.78 is 40.2. The summed E-state index contributed by atoms with van der Waals surface area (Å²) in [5.74, 6) is -0.163. The molecule has 5 nitrogen and oxygen atoms in total. The highest BCUT2D eigenvalue weighted by Crippen LogP contribution is 2.36. The average Bonchev–Trinajstić information content (AvgIpc) is 2.73. The smallest absolute Gasteiger partial charge is 0.306 e. The first-order chi connectivity index (χ1) is 13.9. The molecule has 144 valence electrons. The molecule has 8 heteroatoms. The third kappa shape index (κ3) is 3.77. The largest absolute Gasteiger partial charge is 0.417 e. The van der Waals surface area contributed by atoms with Gasteiger partial charge in [0.05, 0.1) is 22.3 Å². The van der Waals surface area contributed by atoms with Gasteiger partial charge in [-0.15, -0.1) is 0 Å². The van der Waals surface area contributed by atoms with Crippen LogP contribution in [0.1, 0.15) is 15.9 Å². The van der Waals surface area contributed by atoms with Gasteiger partial charge >= 0.3 is 6.18 Å². The predicted molar refractivity (Wildman–Crippen MR) is 102 cm³/mol. The number of hydrogen-bond acceptors (Lipinski definition) is 4. The molecule has 0 saturated heterocycles. The molecule has 0 radical (unpaired) electrons. The topological polar surface area (TPSA) is 67.8 Å². The molecule has 0 aliphatic carbocycles. The number of alkyl halides is 3. The van der Waals surface area contributed by atoms with Crippen molar-refractivity contribution in [3.63, 3.8) is 0 Å². The van der Waals surface area contributed by atoms with Gasteiger partial charge in [0.25, 0.3) is 5.91 Å². The SMILES string of the molecule is O=C(Nc1ccncn1)c1cccc2ccc(-c3ccccc3C(F)(F)F)nc12. The van der Waals surface area contributed by atoms with E-state index in [1.165, 1.54) is 42.9 Å². The van der Waals surface area contributed by atoms with Crippen LogP contribution in [-0.4, -0.2) is 20.9 Å². The van der Waals surface area contributed by atoms with Crippen molar-refractivity contribution in [1.82, 2.24) is 15.0 Å². The zero-order valence-electron chi connectivity index (χ0n) is 14.8. The molecule has 0 saturated carbocycles. The number of halogens is 3. The normalized spacial score (nSPS) is 11.4. The Kier molecular flexibility index (Phi) is 4.67. The van der Waals surface area contributed by atoms with Gasteiger partial charge in [-0.2, -0.15) is 13.2 Å². The van der Waals surface area contributed by atoms with Gasteiger partial charge in [0.15, 0.2) is 0 Å². The predicted octanol–water partition coefficient (Wildman–Crippen LogP) is 4.96. The Labute approximate surface area is 163 Å². The van der Waals surface area contributed by atoms with Crippen LogP contribution in [0.3, 0.4) is 0 Å². The van der Waals surface area contributed by atoms with E-state index < -0.39 is 17.6 Å². The quantitative estimate of drug-likeness (QED) is 0.533. The maximum Gasteiger partial charge on any atom is 0.417 e. The number of nitrogens with one attached hydrogen (secondary N) is 1. The first kappa shape index (κ1) is 18.5. The summed E-state index contributed by atoms with van der Waals surface area (Å²) in [5.41, 5.74) is -0.170. The van der Waals surface area contributed by atoms with Crippen LogP contribution < -0.4 is 5.32 Å². The van der Waals surface area contributed by atoms with Crippen molar-refractivity contribution in [3.05, 3.63) is 84.3 Å². The highest BCUT2D eigenvalue weighted by molar-refractivity contribution is 6.11.